The van der Waals surface area contributed by atoms with Gasteiger partial charge < -0.3 is 5.73 Å². The quantitative estimate of drug-likeness (QED) is 0.772. The molecule has 2 aliphatic rings. The Morgan fingerprint density at radius 3 is 2.60 bits per heavy atom. The lowest BCUT2D eigenvalue weighted by molar-refractivity contribution is 0.121. The number of likely N-dealkylation sites (tertiary alicyclic amines) is 1. The van der Waals surface area contributed by atoms with Gasteiger partial charge in [-0.15, -0.1) is 0 Å². The smallest absolute Gasteiger partial charge is 0.0249 e. The molecule has 1 heterocycles. The monoisotopic (exact) mass is 210 g/mol. The van der Waals surface area contributed by atoms with Gasteiger partial charge in [-0.05, 0) is 44.6 Å². The predicted octanol–water partition coefficient (Wildman–Crippen LogP) is 2.38. The summed E-state index contributed by atoms with van der Waals surface area (Å²) in [5, 5.41) is 0. The van der Waals surface area contributed by atoms with Crippen molar-refractivity contribution in [1.29, 1.82) is 0 Å². The number of rotatable bonds is 4. The molecule has 2 atom stereocenters. The Hall–Kier alpha value is -0.0800. The summed E-state index contributed by atoms with van der Waals surface area (Å²) in [6, 6.07) is 1.52. The van der Waals surface area contributed by atoms with Crippen molar-refractivity contribution >= 4 is 0 Å². The molecule has 0 amide bonds. The molecule has 2 fully saturated rings. The molecule has 0 bridgehead atoms. The maximum absolute atomic E-state index is 5.97. The zero-order valence-corrected chi connectivity index (χ0v) is 10.1. The van der Waals surface area contributed by atoms with Crippen LogP contribution in [0.25, 0.3) is 0 Å². The van der Waals surface area contributed by atoms with E-state index >= 15 is 0 Å². The number of hydrogen-bond acceptors (Lipinski definition) is 2. The van der Waals surface area contributed by atoms with Gasteiger partial charge in [-0.25, -0.2) is 0 Å². The molecule has 1 saturated carbocycles. The first-order valence-corrected chi connectivity index (χ1v) is 6.82. The van der Waals surface area contributed by atoms with Crippen LogP contribution in [0.3, 0.4) is 0 Å². The van der Waals surface area contributed by atoms with Crippen molar-refractivity contribution in [2.75, 3.05) is 13.1 Å². The lowest BCUT2D eigenvalue weighted by Crippen LogP contribution is -2.47. The summed E-state index contributed by atoms with van der Waals surface area (Å²) < 4.78 is 0. The molecule has 15 heavy (non-hydrogen) atoms. The van der Waals surface area contributed by atoms with Gasteiger partial charge in [-0.3, -0.25) is 4.90 Å². The Labute approximate surface area is 94.2 Å². The summed E-state index contributed by atoms with van der Waals surface area (Å²) in [5.41, 5.74) is 5.97. The number of hydrogen-bond donors (Lipinski definition) is 1. The van der Waals surface area contributed by atoms with E-state index in [0.29, 0.717) is 6.04 Å². The summed E-state index contributed by atoms with van der Waals surface area (Å²) in [7, 11) is 0. The summed E-state index contributed by atoms with van der Waals surface area (Å²) in [4.78, 5) is 2.75. The van der Waals surface area contributed by atoms with Gasteiger partial charge in [0.25, 0.3) is 0 Å². The predicted molar refractivity (Wildman–Crippen MR) is 64.8 cm³/mol. The van der Waals surface area contributed by atoms with Crippen LogP contribution in [0, 0.1) is 5.92 Å². The first kappa shape index (κ1) is 11.4. The molecule has 88 valence electrons. The van der Waals surface area contributed by atoms with Crippen LogP contribution >= 0.6 is 0 Å². The van der Waals surface area contributed by atoms with Crippen molar-refractivity contribution in [2.45, 2.75) is 64.0 Å². The van der Waals surface area contributed by atoms with Crippen LogP contribution in [0.2, 0.25) is 0 Å². The first-order chi connectivity index (χ1) is 7.36. The van der Waals surface area contributed by atoms with Crippen LogP contribution in [-0.4, -0.2) is 30.1 Å². The minimum Gasteiger partial charge on any atom is -0.329 e. The van der Waals surface area contributed by atoms with Crippen LogP contribution < -0.4 is 5.73 Å². The highest BCUT2D eigenvalue weighted by Crippen LogP contribution is 2.37. The fourth-order valence-corrected chi connectivity index (χ4v) is 3.15. The summed E-state index contributed by atoms with van der Waals surface area (Å²) >= 11 is 0. The van der Waals surface area contributed by atoms with E-state index in [0.717, 1.165) is 18.5 Å². The second kappa shape index (κ2) is 5.31. The standard InChI is InChI=1S/C13H26N2/c1-2-12-6-4-3-5-9-15(12)13(10-14)11-7-8-11/h11-13H,2-10,14H2,1H3. The third kappa shape index (κ3) is 2.73. The molecular weight excluding hydrogens is 184 g/mol. The van der Waals surface area contributed by atoms with Gasteiger partial charge in [0.2, 0.25) is 0 Å². The highest BCUT2D eigenvalue weighted by atomic mass is 15.2. The fraction of sp³-hybridized carbons (Fsp3) is 1.00. The second-order valence-electron chi connectivity index (χ2n) is 5.29. The Morgan fingerprint density at radius 2 is 2.00 bits per heavy atom. The lowest BCUT2D eigenvalue weighted by Gasteiger charge is -2.36. The molecule has 1 aliphatic heterocycles. The largest absolute Gasteiger partial charge is 0.329 e. The number of nitrogens with two attached hydrogens (primary N) is 1. The fourth-order valence-electron chi connectivity index (χ4n) is 3.15. The molecule has 0 radical (unpaired) electrons. The van der Waals surface area contributed by atoms with Crippen molar-refractivity contribution in [3.05, 3.63) is 0 Å². The van der Waals surface area contributed by atoms with Crippen LogP contribution in [0.1, 0.15) is 51.9 Å². The van der Waals surface area contributed by atoms with Gasteiger partial charge in [0, 0.05) is 18.6 Å². The Morgan fingerprint density at radius 1 is 1.20 bits per heavy atom. The molecule has 2 N–H and O–H groups in total. The van der Waals surface area contributed by atoms with Crippen molar-refractivity contribution in [3.63, 3.8) is 0 Å². The molecule has 2 nitrogen and oxygen atoms in total. The Kier molecular flexibility index (Phi) is 4.04. The van der Waals surface area contributed by atoms with E-state index in [1.807, 2.05) is 0 Å². The molecule has 0 aromatic rings. The van der Waals surface area contributed by atoms with E-state index < -0.39 is 0 Å². The van der Waals surface area contributed by atoms with E-state index in [1.165, 1.54) is 51.5 Å². The third-order valence-corrected chi connectivity index (χ3v) is 4.23. The maximum Gasteiger partial charge on any atom is 0.0249 e. The molecule has 0 aromatic carbocycles. The van der Waals surface area contributed by atoms with Crippen molar-refractivity contribution in [3.8, 4) is 0 Å². The maximum atomic E-state index is 5.97. The SMILES string of the molecule is CCC1CCCCCN1C(CN)C1CC1. The van der Waals surface area contributed by atoms with E-state index in [4.69, 9.17) is 5.73 Å². The molecule has 2 heteroatoms. The molecule has 0 spiro atoms. The minimum atomic E-state index is 0.702. The summed E-state index contributed by atoms with van der Waals surface area (Å²) in [6.45, 7) is 4.52. The highest BCUT2D eigenvalue weighted by Gasteiger charge is 2.36. The lowest BCUT2D eigenvalue weighted by atomic mass is 10.0. The van der Waals surface area contributed by atoms with Gasteiger partial charge in [0.05, 0.1) is 0 Å². The van der Waals surface area contributed by atoms with Crippen LogP contribution in [0.15, 0.2) is 0 Å². The molecule has 1 aliphatic carbocycles. The second-order valence-corrected chi connectivity index (χ2v) is 5.29. The van der Waals surface area contributed by atoms with Gasteiger partial charge in [0.15, 0.2) is 0 Å². The first-order valence-electron chi connectivity index (χ1n) is 6.82. The highest BCUT2D eigenvalue weighted by molar-refractivity contribution is 4.92. The zero-order valence-electron chi connectivity index (χ0n) is 10.1. The van der Waals surface area contributed by atoms with Gasteiger partial charge in [0.1, 0.15) is 0 Å². The Bertz CT molecular complexity index is 189. The molecule has 1 saturated heterocycles. The van der Waals surface area contributed by atoms with Gasteiger partial charge >= 0.3 is 0 Å². The van der Waals surface area contributed by atoms with E-state index in [-0.39, 0.29) is 0 Å². The van der Waals surface area contributed by atoms with Gasteiger partial charge in [-0.1, -0.05) is 19.8 Å². The normalized spacial score (nSPS) is 31.2. The summed E-state index contributed by atoms with van der Waals surface area (Å²) in [6.07, 6.45) is 9.80. The minimum absolute atomic E-state index is 0.702. The molecule has 2 unspecified atom stereocenters. The average molecular weight is 210 g/mol. The summed E-state index contributed by atoms with van der Waals surface area (Å²) in [5.74, 6) is 0.933. The topological polar surface area (TPSA) is 29.3 Å². The molecule has 0 aromatic heterocycles. The van der Waals surface area contributed by atoms with Gasteiger partial charge in [-0.2, -0.15) is 0 Å². The van der Waals surface area contributed by atoms with Crippen molar-refractivity contribution in [1.82, 2.24) is 4.90 Å². The Balaban J connectivity index is 2.00. The van der Waals surface area contributed by atoms with E-state index in [9.17, 15) is 0 Å². The van der Waals surface area contributed by atoms with Crippen LogP contribution in [0.4, 0.5) is 0 Å². The zero-order chi connectivity index (χ0) is 10.7. The van der Waals surface area contributed by atoms with Crippen molar-refractivity contribution < 1.29 is 0 Å². The van der Waals surface area contributed by atoms with E-state index in [1.54, 1.807) is 0 Å². The number of nitrogens with zero attached hydrogens (tertiary/aromatic N) is 1. The molecule has 2 rings (SSSR count). The van der Waals surface area contributed by atoms with Crippen LogP contribution in [0.5, 0.6) is 0 Å². The van der Waals surface area contributed by atoms with E-state index in [2.05, 4.69) is 11.8 Å². The molecular formula is C13H26N2. The third-order valence-electron chi connectivity index (χ3n) is 4.23. The average Bonchev–Trinajstić information content (AvgIpc) is 3.06. The van der Waals surface area contributed by atoms with Crippen molar-refractivity contribution in [2.24, 2.45) is 11.7 Å². The van der Waals surface area contributed by atoms with Crippen LogP contribution in [-0.2, 0) is 0 Å².